The highest BCUT2D eigenvalue weighted by Gasteiger charge is 2.19. The van der Waals surface area contributed by atoms with E-state index in [0.29, 0.717) is 11.6 Å². The van der Waals surface area contributed by atoms with Gasteiger partial charge >= 0.3 is 0 Å². The number of hydrogen-bond donors (Lipinski definition) is 0. The van der Waals surface area contributed by atoms with Gasteiger partial charge in [-0.3, -0.25) is 4.57 Å². The number of nitriles is 1. The Morgan fingerprint density at radius 3 is 2.02 bits per heavy atom. The van der Waals surface area contributed by atoms with Gasteiger partial charge in [0, 0.05) is 36.3 Å². The van der Waals surface area contributed by atoms with Crippen LogP contribution in [-0.2, 0) is 0 Å². The Morgan fingerprint density at radius 1 is 0.522 bits per heavy atom. The molecule has 10 aromatic rings. The molecule has 0 aliphatic rings. The molecule has 4 nitrogen and oxygen atoms in total. The number of thiophene rings is 1. The molecule has 0 aliphatic heterocycles. The Bertz CT molecular complexity index is 2940. The molecule has 0 saturated heterocycles. The van der Waals surface area contributed by atoms with E-state index in [1.165, 1.54) is 47.3 Å². The van der Waals surface area contributed by atoms with E-state index in [2.05, 4.69) is 120 Å². The van der Waals surface area contributed by atoms with Gasteiger partial charge in [-0.05, 0) is 75.1 Å². The van der Waals surface area contributed by atoms with Gasteiger partial charge in [0.15, 0.2) is 5.69 Å². The van der Waals surface area contributed by atoms with Gasteiger partial charge in [0.1, 0.15) is 6.07 Å². The molecule has 0 bridgehead atoms. The van der Waals surface area contributed by atoms with E-state index >= 15 is 0 Å². The first kappa shape index (κ1) is 25.3. The summed E-state index contributed by atoms with van der Waals surface area (Å²) in [4.78, 5) is 9.76. The molecular weight excluding hydrogens is 581 g/mol. The van der Waals surface area contributed by atoms with Crippen molar-refractivity contribution in [3.63, 3.8) is 0 Å². The van der Waals surface area contributed by atoms with Crippen LogP contribution >= 0.6 is 11.3 Å². The maximum Gasteiger partial charge on any atom is 0.236 e. The van der Waals surface area contributed by atoms with Crippen LogP contribution in [0.3, 0.4) is 0 Å². The molecule has 0 radical (unpaired) electrons. The van der Waals surface area contributed by atoms with Crippen LogP contribution in [0, 0.1) is 11.3 Å². The molecule has 0 amide bonds. The molecule has 0 atom stereocenters. The minimum atomic E-state index is 0.373. The number of para-hydroxylation sites is 1. The van der Waals surface area contributed by atoms with E-state index < -0.39 is 0 Å². The highest BCUT2D eigenvalue weighted by molar-refractivity contribution is 7.26. The molecule has 46 heavy (non-hydrogen) atoms. The highest BCUT2D eigenvalue weighted by atomic mass is 32.1. The monoisotopic (exact) mass is 602 g/mol. The van der Waals surface area contributed by atoms with Crippen LogP contribution in [0.15, 0.2) is 133 Å². The molecule has 0 N–H and O–H groups in total. The van der Waals surface area contributed by atoms with Gasteiger partial charge < -0.3 is 0 Å². The molecule has 0 fully saturated rings. The van der Waals surface area contributed by atoms with E-state index in [1.807, 2.05) is 35.6 Å². The fraction of sp³-hybridized carbons (Fsp3) is 0. The standard InChI is InChI=1S/C41H22N4S/c42-23-34-30-11-5-6-12-33(30)43-41(44-34)45-35-18-15-26(21-32(35)39-28-9-3-1-7-24(28)14-19-36(39)45)27-13-17-31-38(22-27)46-37-20-16-25-8-2-4-10-29(25)40(31)37/h1-22H. The van der Waals surface area contributed by atoms with Crippen molar-refractivity contribution >= 4 is 85.8 Å². The zero-order valence-electron chi connectivity index (χ0n) is 24.4. The largest absolute Gasteiger partial charge is 0.278 e. The second-order valence-electron chi connectivity index (χ2n) is 11.7. The Hall–Kier alpha value is -6.09. The maximum atomic E-state index is 10.0. The lowest BCUT2D eigenvalue weighted by Crippen LogP contribution is -2.03. The quantitative estimate of drug-likeness (QED) is 0.198. The highest BCUT2D eigenvalue weighted by Crippen LogP contribution is 2.42. The molecule has 0 spiro atoms. The van der Waals surface area contributed by atoms with Gasteiger partial charge in [0.25, 0.3) is 0 Å². The predicted molar refractivity (Wildman–Crippen MR) is 192 cm³/mol. The van der Waals surface area contributed by atoms with Crippen molar-refractivity contribution in [2.75, 3.05) is 0 Å². The van der Waals surface area contributed by atoms with Crippen LogP contribution in [0.5, 0.6) is 0 Å². The normalized spacial score (nSPS) is 11.9. The van der Waals surface area contributed by atoms with Crippen molar-refractivity contribution in [3.05, 3.63) is 139 Å². The summed E-state index contributed by atoms with van der Waals surface area (Å²) in [7, 11) is 0. The second-order valence-corrected chi connectivity index (χ2v) is 12.8. The van der Waals surface area contributed by atoms with Gasteiger partial charge in [-0.1, -0.05) is 91.0 Å². The van der Waals surface area contributed by atoms with Crippen LogP contribution in [0.2, 0.25) is 0 Å². The van der Waals surface area contributed by atoms with Crippen LogP contribution in [0.4, 0.5) is 0 Å². The third-order valence-corrected chi connectivity index (χ3v) is 10.4. The maximum absolute atomic E-state index is 10.0. The average molecular weight is 603 g/mol. The van der Waals surface area contributed by atoms with Crippen molar-refractivity contribution in [3.8, 4) is 23.1 Å². The van der Waals surface area contributed by atoms with E-state index in [1.54, 1.807) is 0 Å². The molecule has 7 aromatic carbocycles. The second kappa shape index (κ2) is 9.45. The Balaban J connectivity index is 1.24. The fourth-order valence-electron chi connectivity index (χ4n) is 7.16. The smallest absolute Gasteiger partial charge is 0.236 e. The third-order valence-electron chi connectivity index (χ3n) is 9.25. The summed E-state index contributed by atoms with van der Waals surface area (Å²) in [5, 5.41) is 20.6. The number of fused-ring (bicyclic) bond motifs is 11. The minimum Gasteiger partial charge on any atom is -0.278 e. The first-order valence-electron chi connectivity index (χ1n) is 15.2. The van der Waals surface area contributed by atoms with Gasteiger partial charge in [-0.2, -0.15) is 5.26 Å². The summed E-state index contributed by atoms with van der Waals surface area (Å²) < 4.78 is 4.70. The summed E-state index contributed by atoms with van der Waals surface area (Å²) in [6.45, 7) is 0. The van der Waals surface area contributed by atoms with Crippen molar-refractivity contribution in [1.82, 2.24) is 14.5 Å². The van der Waals surface area contributed by atoms with Crippen molar-refractivity contribution in [1.29, 1.82) is 5.26 Å². The van der Waals surface area contributed by atoms with Gasteiger partial charge in [-0.15, -0.1) is 11.3 Å². The molecule has 0 saturated carbocycles. The molecular formula is C41H22N4S. The number of rotatable bonds is 2. The molecule has 10 rings (SSSR count). The third kappa shape index (κ3) is 3.53. The van der Waals surface area contributed by atoms with Crippen LogP contribution in [0.25, 0.3) is 91.5 Å². The van der Waals surface area contributed by atoms with Gasteiger partial charge in [0.2, 0.25) is 5.95 Å². The number of nitrogens with zero attached hydrogens (tertiary/aromatic N) is 4. The summed E-state index contributed by atoms with van der Waals surface area (Å²) in [5.74, 6) is 0.497. The number of aromatic nitrogens is 3. The van der Waals surface area contributed by atoms with E-state index in [9.17, 15) is 5.26 Å². The summed E-state index contributed by atoms with van der Waals surface area (Å²) >= 11 is 1.85. The first-order valence-corrected chi connectivity index (χ1v) is 16.0. The summed E-state index contributed by atoms with van der Waals surface area (Å²) in [6, 6.07) is 49.5. The van der Waals surface area contributed by atoms with Crippen LogP contribution in [0.1, 0.15) is 5.69 Å². The lowest BCUT2D eigenvalue weighted by atomic mass is 9.98. The fourth-order valence-corrected chi connectivity index (χ4v) is 8.32. The Labute approximate surface area is 267 Å². The van der Waals surface area contributed by atoms with Crippen molar-refractivity contribution in [2.45, 2.75) is 0 Å². The van der Waals surface area contributed by atoms with E-state index in [0.717, 1.165) is 38.3 Å². The SMILES string of the molecule is N#Cc1nc(-n2c3ccc(-c4ccc5c(c4)sc4ccc6ccccc6c45)cc3c3c4ccccc4ccc32)nc2ccccc12. The lowest BCUT2D eigenvalue weighted by molar-refractivity contribution is 1.00. The topological polar surface area (TPSA) is 54.5 Å². The molecule has 0 aliphatic carbocycles. The van der Waals surface area contributed by atoms with Gasteiger partial charge in [0.05, 0.1) is 16.6 Å². The zero-order chi connectivity index (χ0) is 30.4. The van der Waals surface area contributed by atoms with Crippen LogP contribution in [-0.4, -0.2) is 14.5 Å². The summed E-state index contributed by atoms with van der Waals surface area (Å²) in [6.07, 6.45) is 0. The zero-order valence-corrected chi connectivity index (χ0v) is 25.2. The van der Waals surface area contributed by atoms with E-state index in [-0.39, 0.29) is 0 Å². The molecule has 0 unspecified atom stereocenters. The molecule has 3 heterocycles. The Morgan fingerprint density at radius 2 is 1.20 bits per heavy atom. The number of hydrogen-bond acceptors (Lipinski definition) is 4. The average Bonchev–Trinajstić information content (AvgIpc) is 3.66. The Kier molecular flexibility index (Phi) is 5.19. The van der Waals surface area contributed by atoms with E-state index in [4.69, 9.17) is 9.97 Å². The first-order chi connectivity index (χ1) is 22.7. The van der Waals surface area contributed by atoms with Gasteiger partial charge in [-0.25, -0.2) is 9.97 Å². The molecule has 5 heteroatoms. The van der Waals surface area contributed by atoms with Crippen molar-refractivity contribution < 1.29 is 0 Å². The molecule has 3 aromatic heterocycles. The van der Waals surface area contributed by atoms with Crippen molar-refractivity contribution in [2.24, 2.45) is 0 Å². The predicted octanol–water partition coefficient (Wildman–Crippen LogP) is 10.9. The number of benzene rings is 7. The lowest BCUT2D eigenvalue weighted by Gasteiger charge is -2.09. The minimum absolute atomic E-state index is 0.373. The van der Waals surface area contributed by atoms with Crippen LogP contribution < -0.4 is 0 Å². The molecule has 212 valence electrons. The summed E-state index contributed by atoms with van der Waals surface area (Å²) in [5.41, 5.74) is 5.47.